The maximum Gasteiger partial charge on any atom is 0.223 e. The Labute approximate surface area is 86.0 Å². The topological polar surface area (TPSA) is 29.1 Å². The highest BCUT2D eigenvalue weighted by molar-refractivity contribution is 6.17. The molecule has 3 heteroatoms. The highest BCUT2D eigenvalue weighted by Crippen LogP contribution is 2.08. The molecule has 0 aromatic rings. The number of carbonyl (C=O) groups is 1. The summed E-state index contributed by atoms with van der Waals surface area (Å²) in [4.78, 5) is 11.4. The summed E-state index contributed by atoms with van der Waals surface area (Å²) in [5.74, 6) is 1.35. The van der Waals surface area contributed by atoms with Crippen molar-refractivity contribution in [3.8, 4) is 0 Å². The Morgan fingerprint density at radius 3 is 2.38 bits per heavy atom. The van der Waals surface area contributed by atoms with Crippen LogP contribution in [0.2, 0.25) is 0 Å². The van der Waals surface area contributed by atoms with Crippen molar-refractivity contribution in [1.29, 1.82) is 0 Å². The first-order valence-corrected chi connectivity index (χ1v) is 5.46. The third-order valence-corrected chi connectivity index (χ3v) is 2.54. The monoisotopic (exact) mass is 205 g/mol. The number of hydrogen-bond acceptors (Lipinski definition) is 1. The first-order valence-electron chi connectivity index (χ1n) is 4.93. The summed E-state index contributed by atoms with van der Waals surface area (Å²) in [6.45, 7) is 6.83. The fourth-order valence-corrected chi connectivity index (χ4v) is 1.08. The van der Waals surface area contributed by atoms with Crippen molar-refractivity contribution >= 4 is 17.5 Å². The summed E-state index contributed by atoms with van der Waals surface area (Å²) in [6, 6.07) is 0. The molecule has 1 amide bonds. The molecule has 0 rings (SSSR count). The Morgan fingerprint density at radius 1 is 1.31 bits per heavy atom. The van der Waals surface area contributed by atoms with Crippen LogP contribution in [-0.2, 0) is 4.79 Å². The van der Waals surface area contributed by atoms with Crippen LogP contribution in [-0.4, -0.2) is 18.3 Å². The van der Waals surface area contributed by atoms with E-state index in [9.17, 15) is 4.79 Å². The van der Waals surface area contributed by atoms with E-state index in [0.717, 1.165) is 19.4 Å². The van der Waals surface area contributed by atoms with E-state index in [4.69, 9.17) is 11.6 Å². The van der Waals surface area contributed by atoms with Crippen LogP contribution >= 0.6 is 11.6 Å². The van der Waals surface area contributed by atoms with Gasteiger partial charge in [-0.25, -0.2) is 0 Å². The minimum Gasteiger partial charge on any atom is -0.356 e. The van der Waals surface area contributed by atoms with E-state index in [0.29, 0.717) is 11.8 Å². The smallest absolute Gasteiger partial charge is 0.223 e. The molecule has 1 atom stereocenters. The number of nitrogens with one attached hydrogen (secondary N) is 1. The third-order valence-electron chi connectivity index (χ3n) is 2.27. The summed E-state index contributed by atoms with van der Waals surface area (Å²) in [5.41, 5.74) is 0. The molecule has 0 aliphatic rings. The molecule has 0 bridgehead atoms. The zero-order valence-electron chi connectivity index (χ0n) is 8.77. The van der Waals surface area contributed by atoms with Gasteiger partial charge in [0.2, 0.25) is 5.91 Å². The molecular formula is C10H20ClNO. The highest BCUT2D eigenvalue weighted by atomic mass is 35.5. The maximum atomic E-state index is 11.4. The number of halogens is 1. The second-order valence-electron chi connectivity index (χ2n) is 3.72. The van der Waals surface area contributed by atoms with E-state index in [2.05, 4.69) is 19.2 Å². The maximum absolute atomic E-state index is 11.4. The standard InChI is InChI=1S/C10H20ClNO/c1-8(2)9(3)10(13)12-7-5-4-6-11/h8-9H,4-7H2,1-3H3,(H,12,13). The second-order valence-corrected chi connectivity index (χ2v) is 4.10. The molecule has 0 aromatic heterocycles. The molecule has 0 aliphatic carbocycles. The van der Waals surface area contributed by atoms with E-state index >= 15 is 0 Å². The molecule has 2 nitrogen and oxygen atoms in total. The summed E-state index contributed by atoms with van der Waals surface area (Å²) < 4.78 is 0. The van der Waals surface area contributed by atoms with Crippen LogP contribution in [0.4, 0.5) is 0 Å². The van der Waals surface area contributed by atoms with E-state index < -0.39 is 0 Å². The van der Waals surface area contributed by atoms with Crippen LogP contribution in [0.5, 0.6) is 0 Å². The lowest BCUT2D eigenvalue weighted by atomic mass is 9.97. The van der Waals surface area contributed by atoms with E-state index in [-0.39, 0.29) is 11.8 Å². The van der Waals surface area contributed by atoms with Crippen LogP contribution in [0.3, 0.4) is 0 Å². The van der Waals surface area contributed by atoms with Crippen molar-refractivity contribution in [2.75, 3.05) is 12.4 Å². The van der Waals surface area contributed by atoms with Crippen molar-refractivity contribution in [3.63, 3.8) is 0 Å². The lowest BCUT2D eigenvalue weighted by molar-refractivity contribution is -0.125. The van der Waals surface area contributed by atoms with Crippen molar-refractivity contribution in [1.82, 2.24) is 5.32 Å². The summed E-state index contributed by atoms with van der Waals surface area (Å²) in [7, 11) is 0. The van der Waals surface area contributed by atoms with Gasteiger partial charge in [-0.1, -0.05) is 20.8 Å². The molecule has 0 aromatic carbocycles. The Hall–Kier alpha value is -0.240. The average molecular weight is 206 g/mol. The molecule has 0 saturated heterocycles. The summed E-state index contributed by atoms with van der Waals surface area (Å²) in [6.07, 6.45) is 1.94. The average Bonchev–Trinajstić information content (AvgIpc) is 2.10. The number of carbonyl (C=O) groups excluding carboxylic acids is 1. The number of unbranched alkanes of at least 4 members (excludes halogenated alkanes) is 1. The molecule has 1 unspecified atom stereocenters. The molecule has 78 valence electrons. The molecule has 0 saturated carbocycles. The quantitative estimate of drug-likeness (QED) is 0.524. The van der Waals surface area contributed by atoms with Gasteiger partial charge in [0, 0.05) is 18.3 Å². The SMILES string of the molecule is CC(C)C(C)C(=O)NCCCCCl. The van der Waals surface area contributed by atoms with Gasteiger partial charge in [-0.2, -0.15) is 0 Å². The molecule has 13 heavy (non-hydrogen) atoms. The minimum atomic E-state index is 0.107. The largest absolute Gasteiger partial charge is 0.356 e. The van der Waals surface area contributed by atoms with Gasteiger partial charge in [0.1, 0.15) is 0 Å². The lowest BCUT2D eigenvalue weighted by Gasteiger charge is -2.14. The van der Waals surface area contributed by atoms with Crippen molar-refractivity contribution in [2.24, 2.45) is 11.8 Å². The zero-order chi connectivity index (χ0) is 10.3. The highest BCUT2D eigenvalue weighted by Gasteiger charge is 2.15. The number of alkyl halides is 1. The molecule has 0 spiro atoms. The van der Waals surface area contributed by atoms with Crippen LogP contribution in [0, 0.1) is 11.8 Å². The number of rotatable bonds is 6. The second kappa shape index (κ2) is 7.19. The van der Waals surface area contributed by atoms with E-state index in [1.807, 2.05) is 6.92 Å². The molecule has 0 radical (unpaired) electrons. The molecule has 0 fully saturated rings. The van der Waals surface area contributed by atoms with Crippen LogP contribution in [0.15, 0.2) is 0 Å². The van der Waals surface area contributed by atoms with Gasteiger partial charge >= 0.3 is 0 Å². The van der Waals surface area contributed by atoms with Crippen LogP contribution in [0.1, 0.15) is 33.6 Å². The van der Waals surface area contributed by atoms with Gasteiger partial charge in [0.15, 0.2) is 0 Å². The van der Waals surface area contributed by atoms with Gasteiger partial charge < -0.3 is 5.32 Å². The van der Waals surface area contributed by atoms with Gasteiger partial charge in [-0.15, -0.1) is 11.6 Å². The Morgan fingerprint density at radius 2 is 1.92 bits per heavy atom. The van der Waals surface area contributed by atoms with Gasteiger partial charge in [0.25, 0.3) is 0 Å². The van der Waals surface area contributed by atoms with Crippen molar-refractivity contribution in [2.45, 2.75) is 33.6 Å². The minimum absolute atomic E-state index is 0.107. The van der Waals surface area contributed by atoms with Gasteiger partial charge in [-0.05, 0) is 18.8 Å². The van der Waals surface area contributed by atoms with E-state index in [1.54, 1.807) is 0 Å². The van der Waals surface area contributed by atoms with Crippen LogP contribution in [0.25, 0.3) is 0 Å². The summed E-state index contributed by atoms with van der Waals surface area (Å²) in [5, 5.41) is 2.90. The van der Waals surface area contributed by atoms with Gasteiger partial charge in [-0.3, -0.25) is 4.79 Å². The first kappa shape index (κ1) is 12.8. The van der Waals surface area contributed by atoms with E-state index in [1.165, 1.54) is 0 Å². The third kappa shape index (κ3) is 5.92. The van der Waals surface area contributed by atoms with Crippen LogP contribution < -0.4 is 5.32 Å². The number of amides is 1. The summed E-state index contributed by atoms with van der Waals surface area (Å²) >= 11 is 5.52. The lowest BCUT2D eigenvalue weighted by Crippen LogP contribution is -2.32. The molecule has 1 N–H and O–H groups in total. The van der Waals surface area contributed by atoms with Crippen molar-refractivity contribution in [3.05, 3.63) is 0 Å². The first-order chi connectivity index (χ1) is 6.09. The van der Waals surface area contributed by atoms with Crippen molar-refractivity contribution < 1.29 is 4.79 Å². The molecule has 0 heterocycles. The Balaban J connectivity index is 3.50. The van der Waals surface area contributed by atoms with Gasteiger partial charge in [0.05, 0.1) is 0 Å². The Kier molecular flexibility index (Phi) is 7.06. The molecule has 0 aliphatic heterocycles. The normalized spacial score (nSPS) is 13.0. The predicted octanol–water partition coefficient (Wildman–Crippen LogP) is 2.41. The fraction of sp³-hybridized carbons (Fsp3) is 0.900. The molecular weight excluding hydrogens is 186 g/mol. The zero-order valence-corrected chi connectivity index (χ0v) is 9.53. The number of hydrogen-bond donors (Lipinski definition) is 1. The Bertz CT molecular complexity index is 148. The predicted molar refractivity (Wildman–Crippen MR) is 57.0 cm³/mol. The fourth-order valence-electron chi connectivity index (χ4n) is 0.895.